The van der Waals surface area contributed by atoms with Gasteiger partial charge >= 0.3 is 11.9 Å². The first kappa shape index (κ1) is 22.1. The molecule has 0 radical (unpaired) electrons. The number of carbonyl (C=O) groups excluding carboxylic acids is 1. The molecule has 3 N–H and O–H groups in total. The average molecular weight is 420 g/mol. The van der Waals surface area contributed by atoms with Gasteiger partial charge < -0.3 is 15.6 Å². The molecule has 5 nitrogen and oxygen atoms in total. The Bertz CT molecular complexity index is 666. The molecule has 0 amide bonds. The third kappa shape index (κ3) is 4.03. The largest absolute Gasteiger partial charge is 0.481 e. The van der Waals surface area contributed by atoms with Crippen molar-refractivity contribution in [2.75, 3.05) is 0 Å². The molecule has 0 aromatic carbocycles. The van der Waals surface area contributed by atoms with Crippen LogP contribution in [0.5, 0.6) is 0 Å². The summed E-state index contributed by atoms with van der Waals surface area (Å²) in [4.78, 5) is 23.1. The maximum absolute atomic E-state index is 12.3. The first-order chi connectivity index (χ1) is 14.2. The Morgan fingerprint density at radius 3 is 2.60 bits per heavy atom. The molecule has 0 aliphatic heterocycles. The Morgan fingerprint density at radius 1 is 1.03 bits per heavy atom. The highest BCUT2D eigenvalue weighted by molar-refractivity contribution is 5.76. The molecule has 5 heteroatoms. The van der Waals surface area contributed by atoms with Crippen LogP contribution >= 0.6 is 0 Å². The standard InChI is InChI=1S/C25H41NO4/c1-24-12-4-3-5-19(24)18-7-6-16-15-17(10-14-25(16,2)20(18)11-13-24)30-23(29)21(26)8-9-22(27)28/h16-21H,3-15,26H2,1-2H3,(H,27,28)/t16-,17-,18+,19?,20+,21+,24+,25+/m1/s1. The normalized spacial score (nSPS) is 44.2. The fourth-order valence-electron chi connectivity index (χ4n) is 8.13. The molecule has 4 aliphatic carbocycles. The first-order valence-corrected chi connectivity index (χ1v) is 12.4. The quantitative estimate of drug-likeness (QED) is 0.618. The molecule has 0 spiro atoms. The molecule has 1 unspecified atom stereocenters. The number of hydrogen-bond donors (Lipinski definition) is 2. The van der Waals surface area contributed by atoms with Crippen molar-refractivity contribution in [3.63, 3.8) is 0 Å². The summed E-state index contributed by atoms with van der Waals surface area (Å²) in [6.45, 7) is 5.11. The van der Waals surface area contributed by atoms with E-state index in [1.807, 2.05) is 0 Å². The Hall–Kier alpha value is -1.10. The van der Waals surface area contributed by atoms with Crippen molar-refractivity contribution in [1.29, 1.82) is 0 Å². The molecule has 0 saturated heterocycles. The monoisotopic (exact) mass is 419 g/mol. The zero-order valence-corrected chi connectivity index (χ0v) is 18.9. The van der Waals surface area contributed by atoms with Crippen LogP contribution < -0.4 is 5.73 Å². The predicted octanol–water partition coefficient (Wildman–Crippen LogP) is 4.91. The Labute approximate surface area is 181 Å². The Morgan fingerprint density at radius 2 is 1.83 bits per heavy atom. The minimum Gasteiger partial charge on any atom is -0.481 e. The third-order valence-corrected chi connectivity index (χ3v) is 9.90. The van der Waals surface area contributed by atoms with Gasteiger partial charge in [0.2, 0.25) is 0 Å². The van der Waals surface area contributed by atoms with E-state index in [9.17, 15) is 9.59 Å². The third-order valence-electron chi connectivity index (χ3n) is 9.90. The molecule has 0 aromatic heterocycles. The van der Waals surface area contributed by atoms with Crippen molar-refractivity contribution < 1.29 is 19.4 Å². The smallest absolute Gasteiger partial charge is 0.323 e. The molecule has 0 bridgehead atoms. The van der Waals surface area contributed by atoms with Crippen molar-refractivity contribution in [3.8, 4) is 0 Å². The average Bonchev–Trinajstić information content (AvgIpc) is 2.71. The summed E-state index contributed by atoms with van der Waals surface area (Å²) in [6, 6.07) is -0.826. The van der Waals surface area contributed by atoms with Crippen LogP contribution in [0.4, 0.5) is 0 Å². The van der Waals surface area contributed by atoms with E-state index >= 15 is 0 Å². The van der Waals surface area contributed by atoms with Crippen molar-refractivity contribution in [2.45, 2.75) is 109 Å². The fourth-order valence-corrected chi connectivity index (χ4v) is 8.13. The molecule has 30 heavy (non-hydrogen) atoms. The molecule has 4 saturated carbocycles. The van der Waals surface area contributed by atoms with Crippen LogP contribution in [0.1, 0.15) is 97.3 Å². The molecular weight excluding hydrogens is 378 g/mol. The lowest BCUT2D eigenvalue weighted by Gasteiger charge is -2.62. The summed E-state index contributed by atoms with van der Waals surface area (Å²) in [6.07, 6.45) is 14.1. The molecule has 4 aliphatic rings. The molecule has 0 aromatic rings. The highest BCUT2D eigenvalue weighted by Crippen LogP contribution is 2.65. The number of carboxylic acids is 1. The van der Waals surface area contributed by atoms with Crippen molar-refractivity contribution in [1.82, 2.24) is 0 Å². The van der Waals surface area contributed by atoms with Gasteiger partial charge in [0.05, 0.1) is 0 Å². The number of fused-ring (bicyclic) bond motifs is 5. The second-order valence-electron chi connectivity index (χ2n) is 11.5. The van der Waals surface area contributed by atoms with Gasteiger partial charge in [0.25, 0.3) is 0 Å². The predicted molar refractivity (Wildman–Crippen MR) is 116 cm³/mol. The summed E-state index contributed by atoms with van der Waals surface area (Å²) in [5.41, 5.74) is 6.83. The van der Waals surface area contributed by atoms with Gasteiger partial charge in [-0.1, -0.05) is 26.7 Å². The van der Waals surface area contributed by atoms with Crippen LogP contribution in [0.2, 0.25) is 0 Å². The lowest BCUT2D eigenvalue weighted by atomic mass is 9.43. The lowest BCUT2D eigenvalue weighted by molar-refractivity contribution is -0.165. The summed E-state index contributed by atoms with van der Waals surface area (Å²) >= 11 is 0. The Balaban J connectivity index is 1.37. The minimum atomic E-state index is -0.926. The van der Waals surface area contributed by atoms with Gasteiger partial charge in [0.15, 0.2) is 0 Å². The molecule has 0 heterocycles. The van der Waals surface area contributed by atoms with Crippen LogP contribution in [0.25, 0.3) is 0 Å². The van der Waals surface area contributed by atoms with Crippen LogP contribution in [0.15, 0.2) is 0 Å². The molecule has 170 valence electrons. The highest BCUT2D eigenvalue weighted by Gasteiger charge is 2.57. The van der Waals surface area contributed by atoms with E-state index in [0.29, 0.717) is 16.7 Å². The van der Waals surface area contributed by atoms with Gasteiger partial charge in [-0.25, -0.2) is 0 Å². The van der Waals surface area contributed by atoms with E-state index in [2.05, 4.69) is 13.8 Å². The van der Waals surface area contributed by atoms with Crippen LogP contribution in [0.3, 0.4) is 0 Å². The molecule has 4 rings (SSSR count). The first-order valence-electron chi connectivity index (χ1n) is 12.4. The summed E-state index contributed by atoms with van der Waals surface area (Å²) in [5, 5.41) is 8.80. The number of carboxylic acid groups (broad SMARTS) is 1. The SMILES string of the molecule is C[C@@]12CCCCC1[C@@H]1CC[C@@H]3C[C@H](OC(=O)[C@@H](N)CCC(=O)O)CC[C@]3(C)[C@H]1CC2. The zero-order chi connectivity index (χ0) is 21.5. The number of ether oxygens (including phenoxy) is 1. The van der Waals surface area contributed by atoms with E-state index in [4.69, 9.17) is 15.6 Å². The van der Waals surface area contributed by atoms with Gasteiger partial charge in [-0.05, 0) is 98.7 Å². The van der Waals surface area contributed by atoms with E-state index in [1.165, 1.54) is 51.4 Å². The minimum absolute atomic E-state index is 0.0495. The van der Waals surface area contributed by atoms with Crippen molar-refractivity contribution in [3.05, 3.63) is 0 Å². The lowest BCUT2D eigenvalue weighted by Crippen LogP contribution is -2.55. The van der Waals surface area contributed by atoms with Crippen LogP contribution in [-0.4, -0.2) is 29.2 Å². The van der Waals surface area contributed by atoms with Gasteiger partial charge in [0.1, 0.15) is 12.1 Å². The van der Waals surface area contributed by atoms with Gasteiger partial charge in [-0.3, -0.25) is 9.59 Å². The van der Waals surface area contributed by atoms with E-state index in [-0.39, 0.29) is 18.9 Å². The van der Waals surface area contributed by atoms with E-state index in [0.717, 1.165) is 37.0 Å². The number of rotatable bonds is 5. The summed E-state index contributed by atoms with van der Waals surface area (Å²) < 4.78 is 5.76. The number of esters is 1. The molecule has 4 fully saturated rings. The number of carbonyl (C=O) groups is 2. The summed E-state index contributed by atoms with van der Waals surface area (Å²) in [7, 11) is 0. The highest BCUT2D eigenvalue weighted by atomic mass is 16.5. The number of hydrogen-bond acceptors (Lipinski definition) is 4. The fraction of sp³-hybridized carbons (Fsp3) is 0.920. The van der Waals surface area contributed by atoms with E-state index in [1.54, 1.807) is 0 Å². The van der Waals surface area contributed by atoms with Gasteiger partial charge in [-0.15, -0.1) is 0 Å². The second-order valence-corrected chi connectivity index (χ2v) is 11.5. The Kier molecular flexibility index (Phi) is 6.22. The number of aliphatic carboxylic acids is 1. The second kappa shape index (κ2) is 8.44. The van der Waals surface area contributed by atoms with Gasteiger partial charge in [0, 0.05) is 6.42 Å². The van der Waals surface area contributed by atoms with Crippen LogP contribution in [0, 0.1) is 34.5 Å². The van der Waals surface area contributed by atoms with Crippen molar-refractivity contribution >= 4 is 11.9 Å². The zero-order valence-electron chi connectivity index (χ0n) is 18.9. The van der Waals surface area contributed by atoms with E-state index < -0.39 is 18.0 Å². The molecular formula is C25H41NO4. The van der Waals surface area contributed by atoms with Crippen LogP contribution in [-0.2, 0) is 14.3 Å². The topological polar surface area (TPSA) is 89.6 Å². The molecule has 8 atom stereocenters. The summed E-state index contributed by atoms with van der Waals surface area (Å²) in [5.74, 6) is 1.94. The number of nitrogens with two attached hydrogens (primary N) is 1. The maximum Gasteiger partial charge on any atom is 0.323 e. The van der Waals surface area contributed by atoms with Crippen molar-refractivity contribution in [2.24, 2.45) is 40.2 Å². The van der Waals surface area contributed by atoms with Gasteiger partial charge in [-0.2, -0.15) is 0 Å². The maximum atomic E-state index is 12.3.